The average molecular weight is 223 g/mol. The third-order valence-electron chi connectivity index (χ3n) is 2.45. The fourth-order valence-electron chi connectivity index (χ4n) is 1.52. The van der Waals surface area contributed by atoms with Gasteiger partial charge in [0.2, 0.25) is 0 Å². The number of hydrogen-bond acceptors (Lipinski definition) is 1. The Morgan fingerprint density at radius 3 is 2.75 bits per heavy atom. The van der Waals surface area contributed by atoms with E-state index in [9.17, 15) is 9.18 Å². The average Bonchev–Trinajstić information content (AvgIpc) is 2.29. The van der Waals surface area contributed by atoms with E-state index in [1.807, 2.05) is 0 Å². The van der Waals surface area contributed by atoms with Gasteiger partial charge in [-0.3, -0.25) is 4.79 Å². The molecule has 0 aliphatic heterocycles. The molecule has 1 N–H and O–H groups in total. The summed E-state index contributed by atoms with van der Waals surface area (Å²) < 4.78 is 13.3. The summed E-state index contributed by atoms with van der Waals surface area (Å²) in [4.78, 5) is 11.8. The molecule has 0 saturated heterocycles. The minimum Gasteiger partial charge on any atom is -0.352 e. The van der Waals surface area contributed by atoms with Gasteiger partial charge in [-0.05, 0) is 25.0 Å². The molecule has 1 amide bonds. The van der Waals surface area contributed by atoms with Gasteiger partial charge in [-0.1, -0.05) is 31.5 Å². The zero-order chi connectivity index (χ0) is 12.0. The fourth-order valence-corrected chi connectivity index (χ4v) is 1.52. The lowest BCUT2D eigenvalue weighted by Crippen LogP contribution is -2.25. The molecule has 2 nitrogen and oxygen atoms in total. The van der Waals surface area contributed by atoms with E-state index in [1.165, 1.54) is 6.92 Å². The first-order valence-corrected chi connectivity index (χ1v) is 5.68. The maximum Gasteiger partial charge on any atom is 0.251 e. The molecule has 0 aromatic heterocycles. The van der Waals surface area contributed by atoms with Gasteiger partial charge in [0.05, 0.1) is 0 Å². The Balaban J connectivity index is 2.74. The number of halogens is 1. The van der Waals surface area contributed by atoms with Crippen molar-refractivity contribution < 1.29 is 9.18 Å². The Labute approximate surface area is 95.9 Å². The number of unbranched alkanes of at least 4 members (excludes halogenated alkanes) is 1. The highest BCUT2D eigenvalue weighted by atomic mass is 19.1. The van der Waals surface area contributed by atoms with Crippen LogP contribution in [0.15, 0.2) is 24.3 Å². The lowest BCUT2D eigenvalue weighted by Gasteiger charge is -2.10. The van der Waals surface area contributed by atoms with E-state index in [1.54, 1.807) is 24.3 Å². The second-order valence-corrected chi connectivity index (χ2v) is 3.81. The van der Waals surface area contributed by atoms with Crippen molar-refractivity contribution in [1.29, 1.82) is 0 Å². The van der Waals surface area contributed by atoms with Gasteiger partial charge < -0.3 is 5.32 Å². The molecular weight excluding hydrogens is 205 g/mol. The standard InChI is InChI=1S/C13H18FNO/c1-3-4-9-15-13(16)12-8-6-5-7-11(12)10(2)14/h5-8,10H,3-4,9H2,1-2H3,(H,15,16). The summed E-state index contributed by atoms with van der Waals surface area (Å²) >= 11 is 0. The summed E-state index contributed by atoms with van der Waals surface area (Å²) in [7, 11) is 0. The topological polar surface area (TPSA) is 29.1 Å². The van der Waals surface area contributed by atoms with Gasteiger partial charge in [0.25, 0.3) is 5.91 Å². The zero-order valence-corrected chi connectivity index (χ0v) is 9.79. The molecule has 1 aromatic carbocycles. The largest absolute Gasteiger partial charge is 0.352 e. The quantitative estimate of drug-likeness (QED) is 0.763. The zero-order valence-electron chi connectivity index (χ0n) is 9.79. The molecule has 3 heteroatoms. The van der Waals surface area contributed by atoms with Crippen molar-refractivity contribution in [3.05, 3.63) is 35.4 Å². The molecule has 16 heavy (non-hydrogen) atoms. The number of hydrogen-bond donors (Lipinski definition) is 1. The Bertz CT molecular complexity index is 350. The van der Waals surface area contributed by atoms with Gasteiger partial charge in [-0.2, -0.15) is 0 Å². The van der Waals surface area contributed by atoms with E-state index < -0.39 is 6.17 Å². The third kappa shape index (κ3) is 3.33. The van der Waals surface area contributed by atoms with E-state index in [4.69, 9.17) is 0 Å². The van der Waals surface area contributed by atoms with Crippen molar-refractivity contribution in [2.75, 3.05) is 6.54 Å². The van der Waals surface area contributed by atoms with Gasteiger partial charge in [0, 0.05) is 12.1 Å². The summed E-state index contributed by atoms with van der Waals surface area (Å²) in [5, 5.41) is 2.79. The lowest BCUT2D eigenvalue weighted by molar-refractivity contribution is 0.0950. The van der Waals surface area contributed by atoms with Crippen molar-refractivity contribution in [3.63, 3.8) is 0 Å². The third-order valence-corrected chi connectivity index (χ3v) is 2.45. The Morgan fingerprint density at radius 2 is 2.12 bits per heavy atom. The minimum atomic E-state index is -1.12. The van der Waals surface area contributed by atoms with Crippen LogP contribution in [0.2, 0.25) is 0 Å². The van der Waals surface area contributed by atoms with Crippen LogP contribution in [0.5, 0.6) is 0 Å². The van der Waals surface area contributed by atoms with Crippen LogP contribution in [-0.2, 0) is 0 Å². The highest BCUT2D eigenvalue weighted by Gasteiger charge is 2.14. The first kappa shape index (κ1) is 12.7. The number of benzene rings is 1. The smallest absolute Gasteiger partial charge is 0.251 e. The van der Waals surface area contributed by atoms with Crippen LogP contribution < -0.4 is 5.32 Å². The van der Waals surface area contributed by atoms with Crippen LogP contribution >= 0.6 is 0 Å². The van der Waals surface area contributed by atoms with Gasteiger partial charge in [0.15, 0.2) is 0 Å². The van der Waals surface area contributed by atoms with E-state index in [-0.39, 0.29) is 5.91 Å². The van der Waals surface area contributed by atoms with Crippen LogP contribution in [0.4, 0.5) is 4.39 Å². The summed E-state index contributed by atoms with van der Waals surface area (Å²) in [5.41, 5.74) is 0.894. The predicted molar refractivity (Wildman–Crippen MR) is 63.2 cm³/mol. The molecule has 0 spiro atoms. The van der Waals surface area contributed by atoms with Crippen LogP contribution in [0, 0.1) is 0 Å². The van der Waals surface area contributed by atoms with Gasteiger partial charge in [0.1, 0.15) is 6.17 Å². The van der Waals surface area contributed by atoms with Crippen molar-refractivity contribution in [2.24, 2.45) is 0 Å². The number of carbonyl (C=O) groups excluding carboxylic acids is 1. The molecule has 0 aliphatic rings. The number of carbonyl (C=O) groups is 1. The summed E-state index contributed by atoms with van der Waals surface area (Å²) in [6, 6.07) is 6.81. The molecule has 0 bridgehead atoms. The van der Waals surface area contributed by atoms with Crippen molar-refractivity contribution in [1.82, 2.24) is 5.32 Å². The SMILES string of the molecule is CCCCNC(=O)c1ccccc1C(C)F. The van der Waals surface area contributed by atoms with E-state index in [0.717, 1.165) is 12.8 Å². The normalized spacial score (nSPS) is 12.2. The highest BCUT2D eigenvalue weighted by Crippen LogP contribution is 2.20. The maximum atomic E-state index is 13.3. The molecule has 0 aliphatic carbocycles. The molecular formula is C13H18FNO. The van der Waals surface area contributed by atoms with Crippen LogP contribution in [0.3, 0.4) is 0 Å². The molecule has 0 radical (unpaired) electrons. The first-order valence-electron chi connectivity index (χ1n) is 5.68. The summed E-state index contributed by atoms with van der Waals surface area (Å²) in [5.74, 6) is -0.187. The maximum absolute atomic E-state index is 13.3. The first-order chi connectivity index (χ1) is 7.66. The van der Waals surface area contributed by atoms with Gasteiger partial charge in [-0.25, -0.2) is 4.39 Å². The molecule has 88 valence electrons. The van der Waals surface area contributed by atoms with Crippen LogP contribution in [0.25, 0.3) is 0 Å². The molecule has 0 fully saturated rings. The van der Waals surface area contributed by atoms with E-state index in [2.05, 4.69) is 12.2 Å². The van der Waals surface area contributed by atoms with Crippen LogP contribution in [0.1, 0.15) is 48.8 Å². The fraction of sp³-hybridized carbons (Fsp3) is 0.462. The van der Waals surface area contributed by atoms with Gasteiger partial charge >= 0.3 is 0 Å². The second-order valence-electron chi connectivity index (χ2n) is 3.81. The minimum absolute atomic E-state index is 0.187. The highest BCUT2D eigenvalue weighted by molar-refractivity contribution is 5.95. The lowest BCUT2D eigenvalue weighted by atomic mass is 10.0. The van der Waals surface area contributed by atoms with Crippen molar-refractivity contribution >= 4 is 5.91 Å². The number of amides is 1. The monoisotopic (exact) mass is 223 g/mol. The second kappa shape index (κ2) is 6.26. The van der Waals surface area contributed by atoms with Crippen molar-refractivity contribution in [3.8, 4) is 0 Å². The van der Waals surface area contributed by atoms with E-state index in [0.29, 0.717) is 17.7 Å². The summed E-state index contributed by atoms with van der Waals surface area (Å²) in [6.45, 7) is 4.15. The number of rotatable bonds is 5. The van der Waals surface area contributed by atoms with Crippen molar-refractivity contribution in [2.45, 2.75) is 32.9 Å². The molecule has 1 aromatic rings. The predicted octanol–water partition coefficient (Wildman–Crippen LogP) is 3.25. The molecule has 0 saturated carbocycles. The van der Waals surface area contributed by atoms with Gasteiger partial charge in [-0.15, -0.1) is 0 Å². The Kier molecular flexibility index (Phi) is 4.96. The Morgan fingerprint density at radius 1 is 1.44 bits per heavy atom. The molecule has 0 heterocycles. The molecule has 1 rings (SSSR count). The number of nitrogens with one attached hydrogen (secondary N) is 1. The number of alkyl halides is 1. The van der Waals surface area contributed by atoms with E-state index >= 15 is 0 Å². The molecule has 1 unspecified atom stereocenters. The molecule has 1 atom stereocenters. The summed E-state index contributed by atoms with van der Waals surface area (Å²) in [6.07, 6.45) is 0.855. The Hall–Kier alpha value is -1.38. The van der Waals surface area contributed by atoms with Crippen LogP contribution in [-0.4, -0.2) is 12.5 Å².